The van der Waals surface area contributed by atoms with Gasteiger partial charge in [0.05, 0.1) is 23.0 Å². The number of amides is 1. The smallest absolute Gasteiger partial charge is 0.272 e. The van der Waals surface area contributed by atoms with Crippen molar-refractivity contribution < 1.29 is 13.9 Å². The van der Waals surface area contributed by atoms with Crippen molar-refractivity contribution in [3.8, 4) is 22.7 Å². The second-order valence-electron chi connectivity index (χ2n) is 10.2. The summed E-state index contributed by atoms with van der Waals surface area (Å²) in [6.45, 7) is 4.17. The lowest BCUT2D eigenvalue weighted by Gasteiger charge is -2.12. The Morgan fingerprint density at radius 3 is 2.42 bits per heavy atom. The van der Waals surface area contributed by atoms with Crippen LogP contribution in [0.2, 0.25) is 0 Å². The fourth-order valence-electron chi connectivity index (χ4n) is 5.12. The molecule has 0 unspecified atom stereocenters. The summed E-state index contributed by atoms with van der Waals surface area (Å²) in [6.07, 6.45) is 1.66. The van der Waals surface area contributed by atoms with Gasteiger partial charge in [-0.2, -0.15) is 5.10 Å². The van der Waals surface area contributed by atoms with E-state index in [-0.39, 0.29) is 18.3 Å². The number of benzene rings is 4. The number of ether oxygens (including phenoxy) is 1. The molecule has 6 rings (SSSR count). The number of halogens is 1. The molecule has 6 aromatic rings. The van der Waals surface area contributed by atoms with Gasteiger partial charge in [-0.25, -0.2) is 14.8 Å². The minimum absolute atomic E-state index is 0.156. The third-order valence-corrected chi connectivity index (χ3v) is 7.32. The number of aromatic nitrogens is 2. The Morgan fingerprint density at radius 1 is 0.907 bits per heavy atom. The molecule has 2 aromatic heterocycles. The number of hydrazone groups is 1. The van der Waals surface area contributed by atoms with Crippen LogP contribution in [0.15, 0.2) is 120 Å². The molecule has 43 heavy (non-hydrogen) atoms. The molecule has 1 amide bonds. The number of aryl methyl sites for hydroxylation is 1. The van der Waals surface area contributed by atoms with Crippen LogP contribution in [0.3, 0.4) is 0 Å². The largest absolute Gasteiger partial charge is 0.489 e. The van der Waals surface area contributed by atoms with Crippen LogP contribution in [0.1, 0.15) is 32.9 Å². The molecule has 0 aliphatic heterocycles. The van der Waals surface area contributed by atoms with Crippen molar-refractivity contribution >= 4 is 23.0 Å². The number of hydrogen-bond acceptors (Lipinski definition) is 4. The number of carbonyl (C=O) groups excluding carboxylic acids is 1. The van der Waals surface area contributed by atoms with Crippen molar-refractivity contribution in [1.29, 1.82) is 0 Å². The maximum absolute atomic E-state index is 13.9. The predicted octanol–water partition coefficient (Wildman–Crippen LogP) is 7.79. The summed E-state index contributed by atoms with van der Waals surface area (Å²) in [4.78, 5) is 18.1. The molecular formula is C36H29FN4O2. The van der Waals surface area contributed by atoms with Gasteiger partial charge in [0.2, 0.25) is 0 Å². The summed E-state index contributed by atoms with van der Waals surface area (Å²) in [5.41, 5.74) is 9.92. The Hall–Kier alpha value is -5.56. The fraction of sp³-hybridized carbons (Fsp3) is 0.0833. The van der Waals surface area contributed by atoms with Gasteiger partial charge in [-0.3, -0.25) is 4.79 Å². The van der Waals surface area contributed by atoms with Crippen molar-refractivity contribution in [2.24, 2.45) is 5.10 Å². The average molecular weight is 569 g/mol. The molecule has 4 aromatic carbocycles. The first kappa shape index (κ1) is 27.6. The van der Waals surface area contributed by atoms with Crippen LogP contribution in [0.4, 0.5) is 4.39 Å². The molecule has 2 heterocycles. The SMILES string of the molecule is Cc1cc(/C=N\NC(=O)c2cc(-c3ccccc3)nc3ccccc23)c(C)n1-c1ccc(OCc2ccccc2F)cc1. The molecule has 0 fully saturated rings. The van der Waals surface area contributed by atoms with Gasteiger partial charge in [-0.05, 0) is 62.4 Å². The summed E-state index contributed by atoms with van der Waals surface area (Å²) in [6, 6.07) is 35.4. The van der Waals surface area contributed by atoms with Gasteiger partial charge >= 0.3 is 0 Å². The van der Waals surface area contributed by atoms with E-state index in [0.717, 1.165) is 44.8 Å². The van der Waals surface area contributed by atoms with Crippen LogP contribution in [-0.2, 0) is 6.61 Å². The molecule has 0 atom stereocenters. The van der Waals surface area contributed by atoms with Crippen LogP contribution in [0.5, 0.6) is 5.75 Å². The van der Waals surface area contributed by atoms with Crippen molar-refractivity contribution in [2.75, 3.05) is 0 Å². The van der Waals surface area contributed by atoms with Crippen LogP contribution in [-0.4, -0.2) is 21.7 Å². The zero-order valence-electron chi connectivity index (χ0n) is 23.8. The Morgan fingerprint density at radius 2 is 1.63 bits per heavy atom. The maximum atomic E-state index is 13.9. The number of rotatable bonds is 8. The zero-order valence-corrected chi connectivity index (χ0v) is 23.8. The molecular weight excluding hydrogens is 539 g/mol. The first-order valence-electron chi connectivity index (χ1n) is 13.9. The highest BCUT2D eigenvalue weighted by Gasteiger charge is 2.14. The number of fused-ring (bicyclic) bond motifs is 1. The summed E-state index contributed by atoms with van der Waals surface area (Å²) in [5, 5.41) is 5.06. The molecule has 0 saturated heterocycles. The third kappa shape index (κ3) is 5.92. The van der Waals surface area contributed by atoms with Gasteiger partial charge in [-0.15, -0.1) is 0 Å². The molecule has 0 radical (unpaired) electrons. The quantitative estimate of drug-likeness (QED) is 0.151. The van der Waals surface area contributed by atoms with Gasteiger partial charge in [0.15, 0.2) is 0 Å². The minimum atomic E-state index is -0.313. The Labute approximate surface area is 249 Å². The Balaban J connectivity index is 1.18. The second-order valence-corrected chi connectivity index (χ2v) is 10.2. The molecule has 212 valence electrons. The van der Waals surface area contributed by atoms with Gasteiger partial charge in [-0.1, -0.05) is 66.7 Å². The minimum Gasteiger partial charge on any atom is -0.489 e. The monoisotopic (exact) mass is 568 g/mol. The first-order chi connectivity index (χ1) is 21.0. The number of hydrogen-bond donors (Lipinski definition) is 1. The van der Waals surface area contributed by atoms with Crippen molar-refractivity contribution in [3.63, 3.8) is 0 Å². The number of nitrogens with zero attached hydrogens (tertiary/aromatic N) is 3. The summed E-state index contributed by atoms with van der Waals surface area (Å²) in [5.74, 6) is 0.0546. The predicted molar refractivity (Wildman–Crippen MR) is 168 cm³/mol. The average Bonchev–Trinajstić information content (AvgIpc) is 3.32. The lowest BCUT2D eigenvalue weighted by molar-refractivity contribution is 0.0956. The summed E-state index contributed by atoms with van der Waals surface area (Å²) >= 11 is 0. The highest BCUT2D eigenvalue weighted by molar-refractivity contribution is 6.07. The van der Waals surface area contributed by atoms with Crippen LogP contribution in [0.25, 0.3) is 27.8 Å². The van der Waals surface area contributed by atoms with E-state index in [1.165, 1.54) is 6.07 Å². The maximum Gasteiger partial charge on any atom is 0.272 e. The fourth-order valence-corrected chi connectivity index (χ4v) is 5.12. The van der Waals surface area contributed by atoms with Crippen molar-refractivity contribution in [3.05, 3.63) is 149 Å². The Kier molecular flexibility index (Phi) is 7.78. The second kappa shape index (κ2) is 12.1. The third-order valence-electron chi connectivity index (χ3n) is 7.32. The van der Waals surface area contributed by atoms with Gasteiger partial charge in [0.25, 0.3) is 5.91 Å². The molecule has 0 aliphatic rings. The summed E-state index contributed by atoms with van der Waals surface area (Å²) < 4.78 is 21.8. The normalized spacial score (nSPS) is 11.2. The number of carbonyl (C=O) groups is 1. The first-order valence-corrected chi connectivity index (χ1v) is 13.9. The lowest BCUT2D eigenvalue weighted by atomic mass is 10.0. The standard InChI is InChI=1S/C36H29FN4O2/c1-24-20-28(25(2)41(24)29-16-18-30(19-17-29)43-23-27-12-6-8-14-33(27)37)22-38-40-36(42)32-21-35(26-10-4-3-5-11-26)39-34-15-9-7-13-31(32)34/h3-22H,23H2,1-2H3,(H,40,42)/b38-22-. The van der Waals surface area contributed by atoms with E-state index in [0.29, 0.717) is 16.9 Å². The molecule has 0 bridgehead atoms. The van der Waals surface area contributed by atoms with Crippen molar-refractivity contribution in [1.82, 2.24) is 15.0 Å². The number of pyridine rings is 1. The van der Waals surface area contributed by atoms with Crippen LogP contribution >= 0.6 is 0 Å². The molecule has 7 heteroatoms. The molecule has 0 spiro atoms. The summed E-state index contributed by atoms with van der Waals surface area (Å²) in [7, 11) is 0. The zero-order chi connectivity index (χ0) is 29.8. The van der Waals surface area contributed by atoms with E-state index in [4.69, 9.17) is 9.72 Å². The van der Waals surface area contributed by atoms with Crippen molar-refractivity contribution in [2.45, 2.75) is 20.5 Å². The topological polar surface area (TPSA) is 68.5 Å². The van der Waals surface area contributed by atoms with E-state index < -0.39 is 0 Å². The molecule has 0 saturated carbocycles. The van der Waals surface area contributed by atoms with E-state index >= 15 is 0 Å². The number of para-hydroxylation sites is 1. The van der Waals surface area contributed by atoms with Gasteiger partial charge < -0.3 is 9.30 Å². The Bertz CT molecular complexity index is 1950. The van der Waals surface area contributed by atoms with E-state index in [1.807, 2.05) is 98.8 Å². The van der Waals surface area contributed by atoms with Gasteiger partial charge in [0.1, 0.15) is 18.2 Å². The van der Waals surface area contributed by atoms with Gasteiger partial charge in [0, 0.05) is 39.2 Å². The highest BCUT2D eigenvalue weighted by Crippen LogP contribution is 2.26. The number of nitrogens with one attached hydrogen (secondary N) is 1. The molecule has 0 aliphatic carbocycles. The van der Waals surface area contributed by atoms with E-state index in [2.05, 4.69) is 15.1 Å². The van der Waals surface area contributed by atoms with E-state index in [9.17, 15) is 9.18 Å². The molecule has 1 N–H and O–H groups in total. The highest BCUT2D eigenvalue weighted by atomic mass is 19.1. The van der Waals surface area contributed by atoms with Crippen LogP contribution < -0.4 is 10.2 Å². The van der Waals surface area contributed by atoms with Crippen LogP contribution in [0, 0.1) is 19.7 Å². The molecule has 6 nitrogen and oxygen atoms in total. The van der Waals surface area contributed by atoms with E-state index in [1.54, 1.807) is 30.5 Å². The lowest BCUT2D eigenvalue weighted by Crippen LogP contribution is -2.18.